The summed E-state index contributed by atoms with van der Waals surface area (Å²) < 4.78 is 5.92. The van der Waals surface area contributed by atoms with Crippen LogP contribution in [0.3, 0.4) is 0 Å². The number of hydrogen-bond acceptors (Lipinski definition) is 3. The lowest BCUT2D eigenvalue weighted by Crippen LogP contribution is -2.53. The summed E-state index contributed by atoms with van der Waals surface area (Å²) >= 11 is 0. The largest absolute Gasteiger partial charge is 0.374 e. The zero-order valence-corrected chi connectivity index (χ0v) is 13.3. The van der Waals surface area contributed by atoms with E-state index in [1.54, 1.807) is 0 Å². The molecule has 1 saturated heterocycles. The van der Waals surface area contributed by atoms with Gasteiger partial charge in [-0.1, -0.05) is 6.92 Å². The van der Waals surface area contributed by atoms with E-state index in [1.165, 1.54) is 26.2 Å². The maximum absolute atomic E-state index is 5.92. The van der Waals surface area contributed by atoms with Gasteiger partial charge in [0.05, 0.1) is 12.2 Å². The van der Waals surface area contributed by atoms with Crippen LogP contribution in [0.4, 0.5) is 0 Å². The second-order valence-corrected chi connectivity index (χ2v) is 6.96. The lowest BCUT2D eigenvalue weighted by atomic mass is 10.1. The predicted octanol–water partition coefficient (Wildman–Crippen LogP) is 2.61. The lowest BCUT2D eigenvalue weighted by Gasteiger charge is -2.42. The molecule has 0 atom stereocenters. The Morgan fingerprint density at radius 3 is 1.94 bits per heavy atom. The molecule has 0 bridgehead atoms. The van der Waals surface area contributed by atoms with Gasteiger partial charge in [0.2, 0.25) is 0 Å². The fraction of sp³-hybridized carbons (Fsp3) is 1.00. The molecule has 1 aliphatic rings. The minimum absolute atomic E-state index is 0.0350. The molecule has 1 fully saturated rings. The van der Waals surface area contributed by atoms with E-state index in [4.69, 9.17) is 4.74 Å². The van der Waals surface area contributed by atoms with Gasteiger partial charge in [0.1, 0.15) is 0 Å². The van der Waals surface area contributed by atoms with Gasteiger partial charge in [-0.3, -0.25) is 9.80 Å². The Hall–Kier alpha value is -0.120. The van der Waals surface area contributed by atoms with Gasteiger partial charge in [-0.2, -0.15) is 0 Å². The zero-order chi connectivity index (χ0) is 13.8. The molecule has 0 spiro atoms. The second kappa shape index (κ2) is 6.36. The molecule has 1 rings (SSSR count). The normalized spacial score (nSPS) is 20.3. The molecule has 1 aliphatic heterocycles. The Morgan fingerprint density at radius 2 is 1.50 bits per heavy atom. The van der Waals surface area contributed by atoms with Crippen LogP contribution in [0.5, 0.6) is 0 Å². The van der Waals surface area contributed by atoms with Crippen molar-refractivity contribution in [2.24, 2.45) is 0 Å². The summed E-state index contributed by atoms with van der Waals surface area (Å²) in [7, 11) is 0. The van der Waals surface area contributed by atoms with Gasteiger partial charge in [-0.25, -0.2) is 0 Å². The minimum atomic E-state index is 0.0350. The van der Waals surface area contributed by atoms with Crippen molar-refractivity contribution in [3.8, 4) is 0 Å². The van der Waals surface area contributed by atoms with E-state index in [0.717, 1.165) is 19.6 Å². The van der Waals surface area contributed by atoms with Crippen molar-refractivity contribution in [2.75, 3.05) is 39.3 Å². The summed E-state index contributed by atoms with van der Waals surface area (Å²) in [5, 5.41) is 0. The number of piperazine rings is 1. The maximum atomic E-state index is 5.92. The molecule has 0 saturated carbocycles. The summed E-state index contributed by atoms with van der Waals surface area (Å²) in [5.74, 6) is 0. The number of nitrogens with zero attached hydrogens (tertiary/aromatic N) is 2. The number of rotatable bonds is 5. The molecule has 0 amide bonds. The molecular formula is C15H32N2O. The third-order valence-corrected chi connectivity index (χ3v) is 4.07. The minimum Gasteiger partial charge on any atom is -0.374 e. The second-order valence-electron chi connectivity index (χ2n) is 6.96. The quantitative estimate of drug-likeness (QED) is 0.752. The first-order valence-corrected chi connectivity index (χ1v) is 7.36. The van der Waals surface area contributed by atoms with Gasteiger partial charge in [0.25, 0.3) is 0 Å². The first kappa shape index (κ1) is 15.9. The monoisotopic (exact) mass is 256 g/mol. The van der Waals surface area contributed by atoms with Crippen molar-refractivity contribution < 1.29 is 4.74 Å². The van der Waals surface area contributed by atoms with E-state index in [9.17, 15) is 0 Å². The molecule has 0 aromatic carbocycles. The van der Waals surface area contributed by atoms with Gasteiger partial charge in [0.15, 0.2) is 0 Å². The standard InChI is InChI=1S/C15H32N2O/c1-7-15(5,6)18-13-12-16-8-10-17(11-9-16)14(2,3)4/h7-13H2,1-6H3. The summed E-state index contributed by atoms with van der Waals surface area (Å²) in [4.78, 5) is 5.09. The molecule has 0 aromatic heterocycles. The van der Waals surface area contributed by atoms with E-state index in [-0.39, 0.29) is 5.60 Å². The van der Waals surface area contributed by atoms with Crippen molar-refractivity contribution in [1.82, 2.24) is 9.80 Å². The van der Waals surface area contributed by atoms with Crippen molar-refractivity contribution in [3.63, 3.8) is 0 Å². The predicted molar refractivity (Wildman–Crippen MR) is 78.1 cm³/mol. The van der Waals surface area contributed by atoms with Crippen LogP contribution in [0.25, 0.3) is 0 Å². The van der Waals surface area contributed by atoms with Crippen molar-refractivity contribution >= 4 is 0 Å². The highest BCUT2D eigenvalue weighted by Gasteiger charge is 2.25. The van der Waals surface area contributed by atoms with E-state index in [2.05, 4.69) is 51.3 Å². The van der Waals surface area contributed by atoms with E-state index in [1.807, 2.05) is 0 Å². The van der Waals surface area contributed by atoms with Crippen molar-refractivity contribution in [2.45, 2.75) is 59.1 Å². The summed E-state index contributed by atoms with van der Waals surface area (Å²) in [5.41, 5.74) is 0.347. The zero-order valence-electron chi connectivity index (χ0n) is 13.3. The molecule has 0 aliphatic carbocycles. The third-order valence-electron chi connectivity index (χ3n) is 4.07. The van der Waals surface area contributed by atoms with Crippen LogP contribution in [-0.2, 0) is 4.74 Å². The Labute approximate surface area is 113 Å². The molecule has 1 heterocycles. The highest BCUT2D eigenvalue weighted by molar-refractivity contribution is 4.81. The highest BCUT2D eigenvalue weighted by atomic mass is 16.5. The fourth-order valence-corrected chi connectivity index (χ4v) is 2.20. The van der Waals surface area contributed by atoms with E-state index in [0.29, 0.717) is 5.54 Å². The van der Waals surface area contributed by atoms with Crippen LogP contribution in [0.15, 0.2) is 0 Å². The topological polar surface area (TPSA) is 15.7 Å². The molecule has 0 radical (unpaired) electrons. The van der Waals surface area contributed by atoms with Crippen LogP contribution in [-0.4, -0.2) is 60.3 Å². The Kier molecular flexibility index (Phi) is 5.63. The first-order chi connectivity index (χ1) is 8.24. The number of ether oxygens (including phenoxy) is 1. The van der Waals surface area contributed by atoms with Crippen LogP contribution in [0, 0.1) is 0 Å². The van der Waals surface area contributed by atoms with Crippen molar-refractivity contribution in [3.05, 3.63) is 0 Å². The van der Waals surface area contributed by atoms with Gasteiger partial charge in [-0.05, 0) is 41.0 Å². The van der Waals surface area contributed by atoms with Gasteiger partial charge in [0, 0.05) is 38.3 Å². The highest BCUT2D eigenvalue weighted by Crippen LogP contribution is 2.16. The average molecular weight is 256 g/mol. The van der Waals surface area contributed by atoms with Crippen LogP contribution >= 0.6 is 0 Å². The lowest BCUT2D eigenvalue weighted by molar-refractivity contribution is -0.0354. The number of hydrogen-bond donors (Lipinski definition) is 0. The molecular weight excluding hydrogens is 224 g/mol. The molecule has 0 N–H and O–H groups in total. The Balaban J connectivity index is 2.20. The van der Waals surface area contributed by atoms with E-state index < -0.39 is 0 Å². The fourth-order valence-electron chi connectivity index (χ4n) is 2.20. The molecule has 18 heavy (non-hydrogen) atoms. The summed E-state index contributed by atoms with van der Waals surface area (Å²) in [6.45, 7) is 20.1. The summed E-state index contributed by atoms with van der Waals surface area (Å²) in [6, 6.07) is 0. The SMILES string of the molecule is CCC(C)(C)OCCN1CCN(C(C)(C)C)CC1. The van der Waals surface area contributed by atoms with Gasteiger partial charge < -0.3 is 4.74 Å². The molecule has 0 unspecified atom stereocenters. The van der Waals surface area contributed by atoms with Gasteiger partial charge >= 0.3 is 0 Å². The van der Waals surface area contributed by atoms with E-state index >= 15 is 0 Å². The Morgan fingerprint density at radius 1 is 0.944 bits per heavy atom. The average Bonchev–Trinajstić information content (AvgIpc) is 2.28. The molecule has 3 nitrogen and oxygen atoms in total. The maximum Gasteiger partial charge on any atom is 0.0624 e. The van der Waals surface area contributed by atoms with Crippen LogP contribution < -0.4 is 0 Å². The van der Waals surface area contributed by atoms with Gasteiger partial charge in [-0.15, -0.1) is 0 Å². The van der Waals surface area contributed by atoms with Crippen molar-refractivity contribution in [1.29, 1.82) is 0 Å². The Bertz CT molecular complexity index is 237. The molecule has 3 heteroatoms. The smallest absolute Gasteiger partial charge is 0.0624 e. The third kappa shape index (κ3) is 5.25. The molecule has 108 valence electrons. The van der Waals surface area contributed by atoms with Crippen LogP contribution in [0.1, 0.15) is 48.0 Å². The summed E-state index contributed by atoms with van der Waals surface area (Å²) in [6.07, 6.45) is 1.07. The van der Waals surface area contributed by atoms with Crippen LogP contribution in [0.2, 0.25) is 0 Å². The molecule has 0 aromatic rings. The first-order valence-electron chi connectivity index (χ1n) is 7.36.